The fourth-order valence-electron chi connectivity index (χ4n) is 4.82. The van der Waals surface area contributed by atoms with E-state index in [-0.39, 0.29) is 6.04 Å². The molecule has 0 saturated carbocycles. The van der Waals surface area contributed by atoms with Gasteiger partial charge in [0.15, 0.2) is 0 Å². The lowest BCUT2D eigenvalue weighted by atomic mass is 9.92. The maximum absolute atomic E-state index is 13.4. The molecule has 5 aromatic rings. The van der Waals surface area contributed by atoms with Crippen molar-refractivity contribution in [3.8, 4) is 11.5 Å². The highest BCUT2D eigenvalue weighted by molar-refractivity contribution is 6.31. The van der Waals surface area contributed by atoms with Crippen LogP contribution in [-0.2, 0) is 13.0 Å². The van der Waals surface area contributed by atoms with E-state index in [4.69, 9.17) is 32.7 Å². The van der Waals surface area contributed by atoms with E-state index < -0.39 is 6.09 Å². The van der Waals surface area contributed by atoms with Crippen LogP contribution in [0.25, 0.3) is 10.9 Å². The largest absolute Gasteiger partial charge is 0.492 e. The summed E-state index contributed by atoms with van der Waals surface area (Å²) in [6, 6.07) is 19.9. The first-order valence-electron chi connectivity index (χ1n) is 12.1. The summed E-state index contributed by atoms with van der Waals surface area (Å²) in [6.07, 6.45) is 3.38. The van der Waals surface area contributed by atoms with Crippen LogP contribution in [0.5, 0.6) is 11.5 Å². The predicted molar refractivity (Wildman–Crippen MR) is 145 cm³/mol. The minimum absolute atomic E-state index is 0.381. The summed E-state index contributed by atoms with van der Waals surface area (Å²) in [5.41, 5.74) is 4.00. The summed E-state index contributed by atoms with van der Waals surface area (Å²) in [6.45, 7) is 1.54. The van der Waals surface area contributed by atoms with Gasteiger partial charge in [0.05, 0.1) is 6.54 Å². The van der Waals surface area contributed by atoms with Gasteiger partial charge >= 0.3 is 6.09 Å². The molecule has 192 valence electrons. The Morgan fingerprint density at radius 1 is 1.00 bits per heavy atom. The molecule has 0 saturated heterocycles. The minimum Gasteiger partial charge on any atom is -0.492 e. The molecule has 3 heterocycles. The zero-order chi connectivity index (χ0) is 26.1. The molecule has 3 aromatic carbocycles. The third-order valence-electron chi connectivity index (χ3n) is 6.59. The Kier molecular flexibility index (Phi) is 6.66. The smallest absolute Gasteiger partial charge is 0.416 e. The quantitative estimate of drug-likeness (QED) is 0.270. The van der Waals surface area contributed by atoms with E-state index in [0.29, 0.717) is 41.9 Å². The maximum atomic E-state index is 13.4. The molecule has 0 bridgehead atoms. The second kappa shape index (κ2) is 10.4. The van der Waals surface area contributed by atoms with Crippen LogP contribution in [0.4, 0.5) is 4.79 Å². The molecule has 0 spiro atoms. The first-order chi connectivity index (χ1) is 18.5. The van der Waals surface area contributed by atoms with Gasteiger partial charge in [-0.25, -0.2) is 14.5 Å². The second-order valence-electron chi connectivity index (χ2n) is 8.95. The Balaban J connectivity index is 1.30. The van der Waals surface area contributed by atoms with E-state index in [1.54, 1.807) is 40.2 Å². The SMILES string of the molecule is O=C(Oc1ccc(Cl)cc1)N1CCc2c([nH]c3ccc(Cl)cc23)C1c1ccc(OCCn2cncn2)cc1. The normalized spacial score (nSPS) is 14.9. The Labute approximate surface area is 228 Å². The van der Waals surface area contributed by atoms with Crippen LogP contribution in [0.15, 0.2) is 79.4 Å². The number of benzene rings is 3. The van der Waals surface area contributed by atoms with Crippen LogP contribution in [0.2, 0.25) is 10.0 Å². The van der Waals surface area contributed by atoms with Crippen molar-refractivity contribution in [2.75, 3.05) is 13.2 Å². The van der Waals surface area contributed by atoms with E-state index >= 15 is 0 Å². The third kappa shape index (κ3) is 4.92. The van der Waals surface area contributed by atoms with Crippen LogP contribution in [0, 0.1) is 0 Å². The molecule has 2 aromatic heterocycles. The molecule has 1 aliphatic rings. The predicted octanol–water partition coefficient (Wildman–Crippen LogP) is 6.29. The molecule has 0 radical (unpaired) electrons. The number of hydrogen-bond acceptors (Lipinski definition) is 5. The van der Waals surface area contributed by atoms with Crippen molar-refractivity contribution in [2.24, 2.45) is 0 Å². The second-order valence-corrected chi connectivity index (χ2v) is 9.82. The molecule has 1 N–H and O–H groups in total. The van der Waals surface area contributed by atoms with Crippen molar-refractivity contribution in [1.82, 2.24) is 24.6 Å². The summed E-state index contributed by atoms with van der Waals surface area (Å²) in [7, 11) is 0. The van der Waals surface area contributed by atoms with Crippen LogP contribution in [-0.4, -0.2) is 43.9 Å². The van der Waals surface area contributed by atoms with Crippen molar-refractivity contribution < 1.29 is 14.3 Å². The number of carbonyl (C=O) groups is 1. The van der Waals surface area contributed by atoms with Gasteiger partial charge in [0.1, 0.15) is 36.8 Å². The molecular weight excluding hydrogens is 525 g/mol. The van der Waals surface area contributed by atoms with Crippen LogP contribution in [0.1, 0.15) is 22.9 Å². The van der Waals surface area contributed by atoms with E-state index in [9.17, 15) is 4.79 Å². The lowest BCUT2D eigenvalue weighted by Crippen LogP contribution is -2.42. The molecule has 0 aliphatic carbocycles. The van der Waals surface area contributed by atoms with E-state index in [0.717, 1.165) is 33.5 Å². The van der Waals surface area contributed by atoms with Crippen LogP contribution >= 0.6 is 23.2 Å². The number of aromatic amines is 1. The number of ether oxygens (including phenoxy) is 2. The maximum Gasteiger partial charge on any atom is 0.416 e. The third-order valence-corrected chi connectivity index (χ3v) is 7.08. The van der Waals surface area contributed by atoms with Crippen molar-refractivity contribution in [3.63, 3.8) is 0 Å². The standard InChI is InChI=1S/C28H23Cl2N5O3/c29-19-3-8-22(9-4-19)38-28(36)35-12-11-23-24-15-20(30)5-10-25(24)33-26(23)27(35)18-1-6-21(7-2-18)37-14-13-34-17-31-16-32-34/h1-10,15-17,27,33H,11-14H2. The Morgan fingerprint density at radius 2 is 1.76 bits per heavy atom. The van der Waals surface area contributed by atoms with Gasteiger partial charge in [-0.2, -0.15) is 5.10 Å². The summed E-state index contributed by atoms with van der Waals surface area (Å²) < 4.78 is 13.3. The summed E-state index contributed by atoms with van der Waals surface area (Å²) >= 11 is 12.3. The van der Waals surface area contributed by atoms with Crippen molar-refractivity contribution in [2.45, 2.75) is 19.0 Å². The van der Waals surface area contributed by atoms with Gasteiger partial charge in [0.25, 0.3) is 0 Å². The first-order valence-corrected chi connectivity index (χ1v) is 12.9. The Bertz CT molecular complexity index is 1570. The Hall–Kier alpha value is -4.01. The van der Waals surface area contributed by atoms with Gasteiger partial charge in [-0.05, 0) is 72.1 Å². The van der Waals surface area contributed by atoms with Gasteiger partial charge < -0.3 is 14.5 Å². The van der Waals surface area contributed by atoms with E-state index in [1.165, 1.54) is 6.33 Å². The zero-order valence-electron chi connectivity index (χ0n) is 20.2. The summed E-state index contributed by atoms with van der Waals surface area (Å²) in [4.78, 5) is 22.7. The van der Waals surface area contributed by atoms with Crippen molar-refractivity contribution in [3.05, 3.63) is 106 Å². The molecule has 8 nitrogen and oxygen atoms in total. The molecule has 1 amide bonds. The molecule has 0 fully saturated rings. The molecule has 1 aliphatic heterocycles. The molecule has 38 heavy (non-hydrogen) atoms. The highest BCUT2D eigenvalue weighted by Crippen LogP contribution is 2.40. The van der Waals surface area contributed by atoms with E-state index in [2.05, 4.69) is 15.1 Å². The number of nitrogens with one attached hydrogen (secondary N) is 1. The summed E-state index contributed by atoms with van der Waals surface area (Å²) in [5, 5.41) is 6.40. The fourth-order valence-corrected chi connectivity index (χ4v) is 5.12. The highest BCUT2D eigenvalue weighted by Gasteiger charge is 2.35. The number of hydrogen-bond donors (Lipinski definition) is 1. The highest BCUT2D eigenvalue weighted by atomic mass is 35.5. The number of carbonyl (C=O) groups excluding carboxylic acids is 1. The molecule has 1 unspecified atom stereocenters. The fraction of sp³-hybridized carbons (Fsp3) is 0.179. The van der Waals surface area contributed by atoms with Crippen molar-refractivity contribution in [1.29, 1.82) is 0 Å². The van der Waals surface area contributed by atoms with Gasteiger partial charge in [0.2, 0.25) is 0 Å². The zero-order valence-corrected chi connectivity index (χ0v) is 21.7. The van der Waals surface area contributed by atoms with Crippen molar-refractivity contribution >= 4 is 40.2 Å². The minimum atomic E-state index is -0.437. The lowest BCUT2D eigenvalue weighted by molar-refractivity contribution is 0.135. The number of nitrogens with zero attached hydrogens (tertiary/aromatic N) is 4. The lowest BCUT2D eigenvalue weighted by Gasteiger charge is -2.35. The number of fused-ring (bicyclic) bond motifs is 3. The number of H-pyrrole nitrogens is 1. The topological polar surface area (TPSA) is 85.3 Å². The molecule has 6 rings (SSSR count). The Morgan fingerprint density at radius 3 is 2.53 bits per heavy atom. The van der Waals surface area contributed by atoms with Gasteiger partial charge in [0, 0.05) is 33.2 Å². The van der Waals surface area contributed by atoms with Gasteiger partial charge in [-0.15, -0.1) is 0 Å². The number of rotatable bonds is 6. The average molecular weight is 548 g/mol. The molecular formula is C28H23Cl2N5O3. The monoisotopic (exact) mass is 547 g/mol. The average Bonchev–Trinajstić information content (AvgIpc) is 3.57. The number of amides is 1. The van der Waals surface area contributed by atoms with Crippen LogP contribution < -0.4 is 9.47 Å². The number of halogens is 2. The molecule has 10 heteroatoms. The van der Waals surface area contributed by atoms with Gasteiger partial charge in [-0.1, -0.05) is 35.3 Å². The van der Waals surface area contributed by atoms with Gasteiger partial charge in [-0.3, -0.25) is 4.90 Å². The van der Waals surface area contributed by atoms with E-state index in [1.807, 2.05) is 42.5 Å². The number of aromatic nitrogens is 4. The van der Waals surface area contributed by atoms with Crippen LogP contribution in [0.3, 0.4) is 0 Å². The summed E-state index contributed by atoms with van der Waals surface area (Å²) in [5.74, 6) is 1.16. The molecule has 1 atom stereocenters. The first kappa shape index (κ1) is 24.3.